The van der Waals surface area contributed by atoms with Crippen LogP contribution in [0, 0.1) is 5.82 Å². The van der Waals surface area contributed by atoms with Crippen LogP contribution in [-0.4, -0.2) is 84.6 Å². The van der Waals surface area contributed by atoms with E-state index in [9.17, 15) is 14.3 Å². The molecule has 3 saturated heterocycles. The predicted molar refractivity (Wildman–Crippen MR) is 110 cm³/mol. The van der Waals surface area contributed by atoms with Gasteiger partial charge in [0.25, 0.3) is 0 Å². The number of urea groups is 1. The van der Waals surface area contributed by atoms with E-state index in [1.807, 2.05) is 18.7 Å². The molecule has 0 radical (unpaired) electrons. The fourth-order valence-electron chi connectivity index (χ4n) is 4.79. The van der Waals surface area contributed by atoms with Gasteiger partial charge in [0, 0.05) is 25.3 Å². The van der Waals surface area contributed by atoms with Crippen LogP contribution >= 0.6 is 0 Å². The summed E-state index contributed by atoms with van der Waals surface area (Å²) in [5.74, 6) is -0.361. The number of β-amino-alcohol motifs (C(OH)–C–C–N with tert-alkyl or cyclic N) is 1. The lowest BCUT2D eigenvalue weighted by Crippen LogP contribution is -2.45. The Morgan fingerprint density at radius 3 is 2.48 bits per heavy atom. The fourth-order valence-corrected chi connectivity index (χ4v) is 4.79. The Balaban J connectivity index is 1.38. The zero-order chi connectivity index (χ0) is 20.5. The first-order valence-electron chi connectivity index (χ1n) is 10.6. The Hall–Kier alpha value is -1.90. The van der Waals surface area contributed by atoms with E-state index in [-0.39, 0.29) is 30.1 Å². The Morgan fingerprint density at radius 2 is 1.83 bits per heavy atom. The lowest BCUT2D eigenvalue weighted by molar-refractivity contribution is -0.00539. The first kappa shape index (κ1) is 20.4. The van der Waals surface area contributed by atoms with Crippen LogP contribution in [0.4, 0.5) is 20.6 Å². The van der Waals surface area contributed by atoms with E-state index in [0.29, 0.717) is 37.6 Å². The number of carbonyl (C=O) groups excluding carboxylic acids is 1. The number of hydrogen-bond acceptors (Lipinski definition) is 5. The Labute approximate surface area is 171 Å². The molecule has 8 heteroatoms. The molecule has 0 saturated carbocycles. The molecular formula is C21H31FN4O3. The molecule has 4 atom stereocenters. The van der Waals surface area contributed by atoms with Crippen LogP contribution in [0.25, 0.3) is 0 Å². The number of benzene rings is 1. The zero-order valence-electron chi connectivity index (χ0n) is 17.2. The van der Waals surface area contributed by atoms with Gasteiger partial charge in [0.05, 0.1) is 36.6 Å². The number of anilines is 2. The van der Waals surface area contributed by atoms with Gasteiger partial charge in [0.2, 0.25) is 0 Å². The minimum atomic E-state index is -0.539. The highest BCUT2D eigenvalue weighted by atomic mass is 19.1. The molecule has 2 amide bonds. The molecule has 7 nitrogen and oxygen atoms in total. The zero-order valence-corrected chi connectivity index (χ0v) is 17.2. The van der Waals surface area contributed by atoms with Crippen molar-refractivity contribution in [1.82, 2.24) is 9.80 Å². The average Bonchev–Trinajstić information content (AvgIpc) is 3.30. The third-order valence-corrected chi connectivity index (χ3v) is 6.12. The smallest absolute Gasteiger partial charge is 0.321 e. The van der Waals surface area contributed by atoms with E-state index >= 15 is 0 Å². The SMILES string of the molecule is CC1CN(c2ccc(NC(=O)N3CC(O)C(N4CCCC4)C3)cc2F)CC(C)O1. The van der Waals surface area contributed by atoms with Crippen molar-refractivity contribution in [2.24, 2.45) is 0 Å². The van der Waals surface area contributed by atoms with E-state index in [4.69, 9.17) is 4.74 Å². The van der Waals surface area contributed by atoms with Crippen LogP contribution in [0.1, 0.15) is 26.7 Å². The summed E-state index contributed by atoms with van der Waals surface area (Å²) in [7, 11) is 0. The molecular weight excluding hydrogens is 375 g/mol. The van der Waals surface area contributed by atoms with Gasteiger partial charge in [-0.25, -0.2) is 9.18 Å². The van der Waals surface area contributed by atoms with Gasteiger partial charge in [-0.3, -0.25) is 4.90 Å². The highest BCUT2D eigenvalue weighted by molar-refractivity contribution is 5.89. The molecule has 3 aliphatic rings. The second-order valence-electron chi connectivity index (χ2n) is 8.54. The van der Waals surface area contributed by atoms with Crippen LogP contribution in [0.2, 0.25) is 0 Å². The van der Waals surface area contributed by atoms with Crippen LogP contribution < -0.4 is 10.2 Å². The molecule has 160 valence electrons. The van der Waals surface area contributed by atoms with Gasteiger partial charge in [0.1, 0.15) is 5.82 Å². The summed E-state index contributed by atoms with van der Waals surface area (Å²) in [6.07, 6.45) is 1.83. The predicted octanol–water partition coefficient (Wildman–Crippen LogP) is 2.11. The van der Waals surface area contributed by atoms with Gasteiger partial charge in [-0.05, 0) is 58.0 Å². The third-order valence-electron chi connectivity index (χ3n) is 6.12. The molecule has 0 aliphatic carbocycles. The molecule has 4 unspecified atom stereocenters. The summed E-state index contributed by atoms with van der Waals surface area (Å²) in [4.78, 5) is 18.5. The van der Waals surface area contributed by atoms with Gasteiger partial charge in [-0.15, -0.1) is 0 Å². The maximum Gasteiger partial charge on any atom is 0.321 e. The molecule has 1 aromatic carbocycles. The number of amides is 2. The number of rotatable bonds is 3. The minimum Gasteiger partial charge on any atom is -0.390 e. The highest BCUT2D eigenvalue weighted by Gasteiger charge is 2.38. The fraction of sp³-hybridized carbons (Fsp3) is 0.667. The van der Waals surface area contributed by atoms with Crippen molar-refractivity contribution < 1.29 is 19.0 Å². The Morgan fingerprint density at radius 1 is 1.14 bits per heavy atom. The largest absolute Gasteiger partial charge is 0.390 e. The van der Waals surface area contributed by atoms with Gasteiger partial charge < -0.3 is 25.0 Å². The van der Waals surface area contributed by atoms with Crippen molar-refractivity contribution in [3.63, 3.8) is 0 Å². The van der Waals surface area contributed by atoms with E-state index in [1.165, 1.54) is 6.07 Å². The van der Waals surface area contributed by atoms with Crippen LogP contribution in [-0.2, 0) is 4.74 Å². The number of carbonyl (C=O) groups is 1. The number of nitrogens with one attached hydrogen (secondary N) is 1. The molecule has 29 heavy (non-hydrogen) atoms. The Kier molecular flexibility index (Phi) is 5.94. The van der Waals surface area contributed by atoms with Gasteiger partial charge in [0.15, 0.2) is 0 Å². The highest BCUT2D eigenvalue weighted by Crippen LogP contribution is 2.27. The molecule has 3 heterocycles. The number of hydrogen-bond donors (Lipinski definition) is 2. The topological polar surface area (TPSA) is 68.3 Å². The van der Waals surface area contributed by atoms with Crippen molar-refractivity contribution in [3.05, 3.63) is 24.0 Å². The summed E-state index contributed by atoms with van der Waals surface area (Å²) in [6.45, 7) is 7.98. The second-order valence-corrected chi connectivity index (χ2v) is 8.54. The summed E-state index contributed by atoms with van der Waals surface area (Å²) in [5, 5.41) is 13.1. The lowest BCUT2D eigenvalue weighted by Gasteiger charge is -2.37. The van der Waals surface area contributed by atoms with E-state index in [2.05, 4.69) is 10.2 Å². The molecule has 0 bridgehead atoms. The van der Waals surface area contributed by atoms with Gasteiger partial charge in [-0.2, -0.15) is 0 Å². The van der Waals surface area contributed by atoms with Crippen LogP contribution in [0.5, 0.6) is 0 Å². The molecule has 3 fully saturated rings. The third kappa shape index (κ3) is 4.49. The summed E-state index contributed by atoms with van der Waals surface area (Å²) in [5.41, 5.74) is 0.945. The summed E-state index contributed by atoms with van der Waals surface area (Å²) >= 11 is 0. The average molecular weight is 407 g/mol. The normalized spacial score (nSPS) is 30.8. The maximum atomic E-state index is 14.8. The molecule has 3 aliphatic heterocycles. The minimum absolute atomic E-state index is 0.00679. The molecule has 4 rings (SSSR count). The first-order chi connectivity index (χ1) is 13.9. The molecule has 0 spiro atoms. The Bertz CT molecular complexity index is 733. The number of nitrogens with zero attached hydrogens (tertiary/aromatic N) is 3. The van der Waals surface area contributed by atoms with E-state index in [0.717, 1.165) is 25.9 Å². The number of ether oxygens (including phenoxy) is 1. The maximum absolute atomic E-state index is 14.8. The first-order valence-corrected chi connectivity index (χ1v) is 10.6. The molecule has 1 aromatic rings. The van der Waals surface area contributed by atoms with Crippen LogP contribution in [0.3, 0.4) is 0 Å². The monoisotopic (exact) mass is 406 g/mol. The molecule has 0 aromatic heterocycles. The lowest BCUT2D eigenvalue weighted by atomic mass is 10.2. The number of aliphatic hydroxyl groups excluding tert-OH is 1. The summed E-state index contributed by atoms with van der Waals surface area (Å²) < 4.78 is 20.5. The number of halogens is 1. The van der Waals surface area contributed by atoms with E-state index < -0.39 is 6.10 Å². The second kappa shape index (κ2) is 8.45. The van der Waals surface area contributed by atoms with Gasteiger partial charge in [-0.1, -0.05) is 0 Å². The number of aliphatic hydroxyl groups is 1. The van der Waals surface area contributed by atoms with Crippen molar-refractivity contribution in [3.8, 4) is 0 Å². The molecule has 2 N–H and O–H groups in total. The number of morpholine rings is 1. The van der Waals surface area contributed by atoms with Crippen molar-refractivity contribution in [1.29, 1.82) is 0 Å². The van der Waals surface area contributed by atoms with Crippen molar-refractivity contribution in [2.45, 2.75) is 51.0 Å². The summed E-state index contributed by atoms with van der Waals surface area (Å²) in [6, 6.07) is 4.49. The van der Waals surface area contributed by atoms with Crippen LogP contribution in [0.15, 0.2) is 18.2 Å². The van der Waals surface area contributed by atoms with Crippen molar-refractivity contribution in [2.75, 3.05) is 49.5 Å². The standard InChI is InChI=1S/C21H31FN4O3/c1-14-10-25(11-15(2)29-14)18-6-5-16(9-17(18)22)23-21(28)26-12-19(20(27)13-26)24-7-3-4-8-24/h5-6,9,14-15,19-20,27H,3-4,7-8,10-13H2,1-2H3,(H,23,28). The van der Waals surface area contributed by atoms with E-state index in [1.54, 1.807) is 17.0 Å². The number of likely N-dealkylation sites (tertiary alicyclic amines) is 2. The van der Waals surface area contributed by atoms with Crippen molar-refractivity contribution >= 4 is 17.4 Å². The quantitative estimate of drug-likeness (QED) is 0.805. The van der Waals surface area contributed by atoms with Gasteiger partial charge >= 0.3 is 6.03 Å².